The molecule has 0 unspecified atom stereocenters. The van der Waals surface area contributed by atoms with Gasteiger partial charge in [-0.25, -0.2) is 9.18 Å². The number of nitrogens with one attached hydrogen (secondary N) is 2. The van der Waals surface area contributed by atoms with E-state index in [-0.39, 0.29) is 17.3 Å². The van der Waals surface area contributed by atoms with Gasteiger partial charge in [-0.2, -0.15) is 0 Å². The lowest BCUT2D eigenvalue weighted by Gasteiger charge is -2.26. The van der Waals surface area contributed by atoms with Crippen molar-refractivity contribution in [3.8, 4) is 0 Å². The van der Waals surface area contributed by atoms with Crippen molar-refractivity contribution in [2.75, 3.05) is 6.54 Å². The Kier molecular flexibility index (Phi) is 5.61. The van der Waals surface area contributed by atoms with Gasteiger partial charge in [-0.3, -0.25) is 0 Å². The van der Waals surface area contributed by atoms with Crippen LogP contribution in [-0.4, -0.2) is 12.6 Å². The zero-order valence-corrected chi connectivity index (χ0v) is 14.0. The number of hydrogen-bond donors (Lipinski definition) is 2. The summed E-state index contributed by atoms with van der Waals surface area (Å²) in [5.41, 5.74) is 1.54. The first kappa shape index (κ1) is 17.3. The normalized spacial score (nSPS) is 11.1. The first-order chi connectivity index (χ1) is 10.9. The Morgan fingerprint density at radius 2 is 1.74 bits per heavy atom. The molecule has 2 N–H and O–H groups in total. The van der Waals surface area contributed by atoms with Crippen molar-refractivity contribution in [3.05, 3.63) is 70.5 Å². The lowest BCUT2D eigenvalue weighted by Crippen LogP contribution is -2.42. The van der Waals surface area contributed by atoms with E-state index >= 15 is 0 Å². The van der Waals surface area contributed by atoms with Crippen molar-refractivity contribution in [3.63, 3.8) is 0 Å². The second-order valence-electron chi connectivity index (χ2n) is 6.03. The van der Waals surface area contributed by atoms with Gasteiger partial charge in [0.15, 0.2) is 0 Å². The summed E-state index contributed by atoms with van der Waals surface area (Å²) in [4.78, 5) is 11.9. The summed E-state index contributed by atoms with van der Waals surface area (Å²) < 4.78 is 12.8. The fourth-order valence-corrected chi connectivity index (χ4v) is 2.65. The van der Waals surface area contributed by atoms with Crippen LogP contribution < -0.4 is 10.6 Å². The molecule has 2 amide bonds. The van der Waals surface area contributed by atoms with Gasteiger partial charge >= 0.3 is 6.03 Å². The molecule has 0 radical (unpaired) electrons. The molecule has 23 heavy (non-hydrogen) atoms. The average molecular weight is 335 g/mol. The Labute approximate surface area is 140 Å². The first-order valence-corrected chi connectivity index (χ1v) is 7.77. The van der Waals surface area contributed by atoms with Gasteiger partial charge in [0, 0.05) is 23.5 Å². The molecule has 0 aliphatic carbocycles. The van der Waals surface area contributed by atoms with E-state index in [2.05, 4.69) is 10.6 Å². The molecular formula is C18H20ClFN2O. The summed E-state index contributed by atoms with van der Waals surface area (Å²) in [6, 6.07) is 13.4. The summed E-state index contributed by atoms with van der Waals surface area (Å²) >= 11 is 6.22. The second kappa shape index (κ2) is 7.47. The van der Waals surface area contributed by atoms with Gasteiger partial charge in [-0.05, 0) is 29.3 Å². The molecule has 122 valence electrons. The molecule has 0 aliphatic heterocycles. The largest absolute Gasteiger partial charge is 0.337 e. The van der Waals surface area contributed by atoms with E-state index in [0.29, 0.717) is 18.1 Å². The van der Waals surface area contributed by atoms with Crippen LogP contribution in [0.3, 0.4) is 0 Å². The van der Waals surface area contributed by atoms with Gasteiger partial charge in [-0.1, -0.05) is 55.8 Å². The quantitative estimate of drug-likeness (QED) is 0.843. The Bertz CT molecular complexity index is 671. The molecule has 2 aromatic carbocycles. The van der Waals surface area contributed by atoms with Crippen LogP contribution in [0.5, 0.6) is 0 Å². The minimum Gasteiger partial charge on any atom is -0.337 e. The number of urea groups is 1. The molecule has 0 spiro atoms. The molecule has 5 heteroatoms. The number of benzene rings is 2. The number of carbonyl (C=O) groups excluding carboxylic acids is 1. The van der Waals surface area contributed by atoms with Crippen molar-refractivity contribution >= 4 is 17.6 Å². The minimum absolute atomic E-state index is 0.269. The predicted octanol–water partition coefficient (Wildman–Crippen LogP) is 4.26. The van der Waals surface area contributed by atoms with Crippen LogP contribution >= 0.6 is 11.6 Å². The predicted molar refractivity (Wildman–Crippen MR) is 91.1 cm³/mol. The summed E-state index contributed by atoms with van der Waals surface area (Å²) in [7, 11) is 0. The maximum atomic E-state index is 12.8. The first-order valence-electron chi connectivity index (χ1n) is 7.40. The van der Waals surface area contributed by atoms with Crippen molar-refractivity contribution in [2.24, 2.45) is 0 Å². The van der Waals surface area contributed by atoms with E-state index in [0.717, 1.165) is 11.1 Å². The Morgan fingerprint density at radius 1 is 1.09 bits per heavy atom. The SMILES string of the molecule is CC(C)(CNC(=O)NCc1ccc(F)cc1)c1ccccc1Cl. The van der Waals surface area contributed by atoms with Gasteiger partial charge in [0.2, 0.25) is 0 Å². The van der Waals surface area contributed by atoms with E-state index in [1.165, 1.54) is 12.1 Å². The van der Waals surface area contributed by atoms with Gasteiger partial charge in [0.05, 0.1) is 0 Å². The third kappa shape index (κ3) is 4.96. The summed E-state index contributed by atoms with van der Waals surface area (Å²) in [5, 5.41) is 6.29. The zero-order chi connectivity index (χ0) is 16.9. The van der Waals surface area contributed by atoms with Gasteiger partial charge in [-0.15, -0.1) is 0 Å². The van der Waals surface area contributed by atoms with Crippen LogP contribution in [-0.2, 0) is 12.0 Å². The molecule has 2 aromatic rings. The average Bonchev–Trinajstić information content (AvgIpc) is 2.53. The molecule has 0 saturated carbocycles. The highest BCUT2D eigenvalue weighted by Gasteiger charge is 2.23. The minimum atomic E-state index is -0.292. The highest BCUT2D eigenvalue weighted by Crippen LogP contribution is 2.28. The van der Waals surface area contributed by atoms with E-state index in [1.54, 1.807) is 12.1 Å². The van der Waals surface area contributed by atoms with Gasteiger partial charge in [0.1, 0.15) is 5.82 Å². The smallest absolute Gasteiger partial charge is 0.315 e. The maximum absolute atomic E-state index is 12.8. The lowest BCUT2D eigenvalue weighted by atomic mass is 9.84. The Morgan fingerprint density at radius 3 is 2.39 bits per heavy atom. The summed E-state index contributed by atoms with van der Waals surface area (Å²) in [6.07, 6.45) is 0. The molecule has 0 atom stereocenters. The third-order valence-electron chi connectivity index (χ3n) is 3.66. The fourth-order valence-electron chi connectivity index (χ4n) is 2.25. The van der Waals surface area contributed by atoms with Crippen LogP contribution in [0.15, 0.2) is 48.5 Å². The van der Waals surface area contributed by atoms with Gasteiger partial charge < -0.3 is 10.6 Å². The van der Waals surface area contributed by atoms with Crippen LogP contribution in [0.25, 0.3) is 0 Å². The molecule has 0 fully saturated rings. The molecule has 0 heterocycles. The highest BCUT2D eigenvalue weighted by molar-refractivity contribution is 6.31. The Hall–Kier alpha value is -2.07. The van der Waals surface area contributed by atoms with E-state index < -0.39 is 0 Å². The molecule has 0 aromatic heterocycles. The van der Waals surface area contributed by atoms with E-state index in [4.69, 9.17) is 11.6 Å². The number of carbonyl (C=O) groups is 1. The van der Waals surface area contributed by atoms with E-state index in [1.807, 2.05) is 38.1 Å². The molecule has 3 nitrogen and oxygen atoms in total. The lowest BCUT2D eigenvalue weighted by molar-refractivity contribution is 0.238. The maximum Gasteiger partial charge on any atom is 0.315 e. The van der Waals surface area contributed by atoms with Crippen molar-refractivity contribution in [2.45, 2.75) is 25.8 Å². The van der Waals surface area contributed by atoms with Crippen LogP contribution in [0.4, 0.5) is 9.18 Å². The third-order valence-corrected chi connectivity index (χ3v) is 3.99. The zero-order valence-electron chi connectivity index (χ0n) is 13.2. The monoisotopic (exact) mass is 334 g/mol. The van der Waals surface area contributed by atoms with Crippen LogP contribution in [0, 0.1) is 5.82 Å². The second-order valence-corrected chi connectivity index (χ2v) is 6.43. The molecule has 0 aliphatic rings. The molecular weight excluding hydrogens is 315 g/mol. The summed E-state index contributed by atoms with van der Waals surface area (Å²) in [6.45, 7) is 4.84. The highest BCUT2D eigenvalue weighted by atomic mass is 35.5. The van der Waals surface area contributed by atoms with Crippen molar-refractivity contribution < 1.29 is 9.18 Å². The van der Waals surface area contributed by atoms with Crippen LogP contribution in [0.2, 0.25) is 5.02 Å². The number of hydrogen-bond acceptors (Lipinski definition) is 1. The van der Waals surface area contributed by atoms with Crippen LogP contribution in [0.1, 0.15) is 25.0 Å². The number of amides is 2. The number of rotatable bonds is 5. The number of halogens is 2. The van der Waals surface area contributed by atoms with Gasteiger partial charge in [0.25, 0.3) is 0 Å². The molecule has 0 saturated heterocycles. The standard InChI is InChI=1S/C18H20ClFN2O/c1-18(2,15-5-3-4-6-16(15)19)12-22-17(23)21-11-13-7-9-14(20)10-8-13/h3-10H,11-12H2,1-2H3,(H2,21,22,23). The Balaban J connectivity index is 1.86. The van der Waals surface area contributed by atoms with E-state index in [9.17, 15) is 9.18 Å². The topological polar surface area (TPSA) is 41.1 Å². The van der Waals surface area contributed by atoms with Crippen molar-refractivity contribution in [1.29, 1.82) is 0 Å². The molecule has 2 rings (SSSR count). The fraction of sp³-hybridized carbons (Fsp3) is 0.278. The van der Waals surface area contributed by atoms with Crippen molar-refractivity contribution in [1.82, 2.24) is 10.6 Å². The molecule has 0 bridgehead atoms. The summed E-state index contributed by atoms with van der Waals surface area (Å²) in [5.74, 6) is -0.292.